The molecule has 2 fully saturated rings. The Morgan fingerprint density at radius 3 is 2.10 bits per heavy atom. The van der Waals surface area contributed by atoms with Crippen molar-refractivity contribution in [2.75, 3.05) is 0 Å². The van der Waals surface area contributed by atoms with Crippen LogP contribution in [-0.4, -0.2) is 17.0 Å². The van der Waals surface area contributed by atoms with Crippen molar-refractivity contribution in [3.8, 4) is 0 Å². The molecule has 0 aromatic carbocycles. The van der Waals surface area contributed by atoms with E-state index in [9.17, 15) is 5.11 Å². The maximum atomic E-state index is 10.4. The van der Waals surface area contributed by atoms with E-state index in [0.717, 1.165) is 12.3 Å². The summed E-state index contributed by atoms with van der Waals surface area (Å²) in [5.74, 6) is 0.828. The van der Waals surface area contributed by atoms with Crippen LogP contribution >= 0.6 is 0 Å². The van der Waals surface area contributed by atoms with Gasteiger partial charge in [-0.1, -0.05) is 38.5 Å². The van der Waals surface area contributed by atoms with Gasteiger partial charge in [0.1, 0.15) is 0 Å². The summed E-state index contributed by atoms with van der Waals surface area (Å²) in [7, 11) is 0. The first-order valence-corrected chi connectivity index (χ1v) is 8.77. The molecule has 0 saturated heterocycles. The van der Waals surface area contributed by atoms with Gasteiger partial charge in [0.15, 0.2) is 6.29 Å². The number of hydrogen-bond donors (Lipinski definition) is 1. The lowest BCUT2D eigenvalue weighted by Gasteiger charge is -2.47. The van der Waals surface area contributed by atoms with Gasteiger partial charge in [-0.15, -0.1) is 0 Å². The molecule has 2 nitrogen and oxygen atoms in total. The molecular weight excluding hydrogens is 248 g/mol. The van der Waals surface area contributed by atoms with Gasteiger partial charge in [0.05, 0.1) is 5.60 Å². The molecule has 0 heterocycles. The highest BCUT2D eigenvalue weighted by Crippen LogP contribution is 2.51. The van der Waals surface area contributed by atoms with E-state index in [2.05, 4.69) is 0 Å². The van der Waals surface area contributed by atoms with Gasteiger partial charge in [-0.2, -0.15) is 0 Å². The van der Waals surface area contributed by atoms with Crippen LogP contribution in [0.3, 0.4) is 0 Å². The zero-order valence-corrected chi connectivity index (χ0v) is 13.8. The van der Waals surface area contributed by atoms with Crippen molar-refractivity contribution in [1.82, 2.24) is 0 Å². The number of hydrogen-bond acceptors (Lipinski definition) is 2. The molecule has 0 aromatic heterocycles. The molecule has 2 heteroatoms. The summed E-state index contributed by atoms with van der Waals surface area (Å²) in [4.78, 5) is 0. The molecule has 0 aliphatic heterocycles. The lowest BCUT2D eigenvalue weighted by molar-refractivity contribution is -0.190. The molecule has 0 amide bonds. The predicted octanol–water partition coefficient (Wildman–Crippen LogP) is 5.04. The van der Waals surface area contributed by atoms with Crippen LogP contribution in [0.5, 0.6) is 0 Å². The van der Waals surface area contributed by atoms with Crippen LogP contribution in [0, 0.1) is 11.3 Å². The molecule has 0 bridgehead atoms. The van der Waals surface area contributed by atoms with Crippen LogP contribution in [0.15, 0.2) is 0 Å². The average molecular weight is 282 g/mol. The maximum absolute atomic E-state index is 10.4. The molecule has 2 saturated carbocycles. The van der Waals surface area contributed by atoms with Crippen molar-refractivity contribution < 1.29 is 9.84 Å². The Morgan fingerprint density at radius 2 is 1.55 bits per heavy atom. The molecule has 1 N–H and O–H groups in total. The summed E-state index contributed by atoms with van der Waals surface area (Å²) < 4.78 is 5.81. The van der Waals surface area contributed by atoms with E-state index in [1.54, 1.807) is 0 Å². The Hall–Kier alpha value is -0.0800. The third-order valence-corrected chi connectivity index (χ3v) is 5.39. The summed E-state index contributed by atoms with van der Waals surface area (Å²) in [6, 6.07) is 0. The molecular formula is C18H34O2. The van der Waals surface area contributed by atoms with Gasteiger partial charge in [0.25, 0.3) is 0 Å². The SMILES string of the molecule is CC(C)(C)OC(O)CC1(C2CCCCC2)CCCCC1. The summed E-state index contributed by atoms with van der Waals surface area (Å²) in [5.41, 5.74) is 0.116. The van der Waals surface area contributed by atoms with Crippen LogP contribution in [0.4, 0.5) is 0 Å². The fraction of sp³-hybridized carbons (Fsp3) is 1.00. The smallest absolute Gasteiger partial charge is 0.155 e. The maximum Gasteiger partial charge on any atom is 0.155 e. The summed E-state index contributed by atoms with van der Waals surface area (Å²) in [6.07, 6.45) is 13.9. The standard InChI is InChI=1S/C18H34O2/c1-17(2,3)20-16(19)14-18(12-8-5-9-13-18)15-10-6-4-7-11-15/h15-16,19H,4-14H2,1-3H3. The highest BCUT2D eigenvalue weighted by atomic mass is 16.6. The number of aliphatic hydroxyl groups excluding tert-OH is 1. The molecule has 118 valence electrons. The molecule has 0 radical (unpaired) electrons. The molecule has 0 spiro atoms. The van der Waals surface area contributed by atoms with Crippen LogP contribution in [0.25, 0.3) is 0 Å². The Morgan fingerprint density at radius 1 is 1.00 bits per heavy atom. The van der Waals surface area contributed by atoms with Gasteiger partial charge >= 0.3 is 0 Å². The molecule has 2 aliphatic carbocycles. The Kier molecular flexibility index (Phi) is 5.53. The second-order valence-electron chi connectivity index (χ2n) is 8.15. The van der Waals surface area contributed by atoms with E-state index >= 15 is 0 Å². The van der Waals surface area contributed by atoms with E-state index in [4.69, 9.17) is 4.74 Å². The van der Waals surface area contributed by atoms with Crippen molar-refractivity contribution in [3.05, 3.63) is 0 Å². The van der Waals surface area contributed by atoms with Crippen LogP contribution < -0.4 is 0 Å². The van der Waals surface area contributed by atoms with E-state index in [1.165, 1.54) is 64.2 Å². The third-order valence-electron chi connectivity index (χ3n) is 5.39. The highest BCUT2D eigenvalue weighted by Gasteiger charge is 2.41. The quantitative estimate of drug-likeness (QED) is 0.732. The van der Waals surface area contributed by atoms with Crippen molar-refractivity contribution in [3.63, 3.8) is 0 Å². The zero-order valence-electron chi connectivity index (χ0n) is 13.8. The predicted molar refractivity (Wildman–Crippen MR) is 83.6 cm³/mol. The van der Waals surface area contributed by atoms with E-state index < -0.39 is 6.29 Å². The summed E-state index contributed by atoms with van der Waals surface area (Å²) in [5, 5.41) is 10.4. The molecule has 0 aromatic rings. The summed E-state index contributed by atoms with van der Waals surface area (Å²) in [6.45, 7) is 6.10. The van der Waals surface area contributed by atoms with E-state index in [-0.39, 0.29) is 5.60 Å². The van der Waals surface area contributed by atoms with Gasteiger partial charge in [0.2, 0.25) is 0 Å². The van der Waals surface area contributed by atoms with Crippen molar-refractivity contribution in [2.45, 2.75) is 103 Å². The van der Waals surface area contributed by atoms with E-state index in [0.29, 0.717) is 5.41 Å². The Bertz CT molecular complexity index is 280. The fourth-order valence-electron chi connectivity index (χ4n) is 4.55. The highest BCUT2D eigenvalue weighted by molar-refractivity contribution is 4.91. The minimum absolute atomic E-state index is 0.248. The first-order chi connectivity index (χ1) is 9.41. The molecule has 1 atom stereocenters. The fourth-order valence-corrected chi connectivity index (χ4v) is 4.55. The monoisotopic (exact) mass is 282 g/mol. The number of ether oxygens (including phenoxy) is 1. The van der Waals surface area contributed by atoms with Gasteiger partial charge in [0, 0.05) is 6.42 Å². The van der Waals surface area contributed by atoms with Crippen LogP contribution in [-0.2, 0) is 4.74 Å². The van der Waals surface area contributed by atoms with Gasteiger partial charge in [-0.3, -0.25) is 0 Å². The van der Waals surface area contributed by atoms with Gasteiger partial charge in [-0.25, -0.2) is 0 Å². The minimum Gasteiger partial charge on any atom is -0.368 e. The molecule has 1 unspecified atom stereocenters. The Labute approximate surface area is 125 Å². The second-order valence-corrected chi connectivity index (χ2v) is 8.15. The van der Waals surface area contributed by atoms with Crippen molar-refractivity contribution in [1.29, 1.82) is 0 Å². The van der Waals surface area contributed by atoms with Crippen molar-refractivity contribution in [2.24, 2.45) is 11.3 Å². The number of aliphatic hydroxyl groups is 1. The minimum atomic E-state index is -0.588. The molecule has 20 heavy (non-hydrogen) atoms. The third kappa shape index (κ3) is 4.46. The zero-order chi connectivity index (χ0) is 14.6. The largest absolute Gasteiger partial charge is 0.368 e. The topological polar surface area (TPSA) is 29.5 Å². The van der Waals surface area contributed by atoms with Crippen LogP contribution in [0.2, 0.25) is 0 Å². The first-order valence-electron chi connectivity index (χ1n) is 8.77. The molecule has 2 aliphatic rings. The Balaban J connectivity index is 2.02. The first kappa shape index (κ1) is 16.3. The van der Waals surface area contributed by atoms with Gasteiger partial charge < -0.3 is 9.84 Å². The van der Waals surface area contributed by atoms with Gasteiger partial charge in [-0.05, 0) is 57.8 Å². The summed E-state index contributed by atoms with van der Waals surface area (Å²) >= 11 is 0. The lowest BCUT2D eigenvalue weighted by Crippen LogP contribution is -2.40. The second kappa shape index (κ2) is 6.79. The lowest BCUT2D eigenvalue weighted by atomic mass is 9.60. The normalized spacial score (nSPS) is 26.4. The van der Waals surface area contributed by atoms with E-state index in [1.807, 2.05) is 20.8 Å². The van der Waals surface area contributed by atoms with Crippen LogP contribution in [0.1, 0.15) is 91.4 Å². The average Bonchev–Trinajstić information content (AvgIpc) is 2.38. The molecule has 2 rings (SSSR count). The number of rotatable bonds is 4. The van der Waals surface area contributed by atoms with Crippen molar-refractivity contribution >= 4 is 0 Å².